The molecule has 4 heteroatoms. The number of carbonyl (C=O) groups is 1. The molecular weight excluding hydrogens is 226 g/mol. The predicted octanol–water partition coefficient (Wildman–Crippen LogP) is 1.74. The minimum Gasteiger partial charge on any atom is -0.336 e. The van der Waals surface area contributed by atoms with E-state index in [0.29, 0.717) is 6.42 Å². The molecule has 0 bridgehead atoms. The third kappa shape index (κ3) is 3.07. The summed E-state index contributed by atoms with van der Waals surface area (Å²) in [5.74, 6) is 0.282. The van der Waals surface area contributed by atoms with Crippen molar-refractivity contribution in [1.29, 1.82) is 0 Å². The van der Waals surface area contributed by atoms with E-state index in [-0.39, 0.29) is 11.9 Å². The van der Waals surface area contributed by atoms with Crippen LogP contribution in [-0.4, -0.2) is 35.9 Å². The van der Waals surface area contributed by atoms with Gasteiger partial charge in [-0.05, 0) is 50.6 Å². The Bertz CT molecular complexity index is 380. The smallest absolute Gasteiger partial charge is 0.223 e. The van der Waals surface area contributed by atoms with Crippen LogP contribution < -0.4 is 5.32 Å². The Morgan fingerprint density at radius 3 is 3.00 bits per heavy atom. The highest BCUT2D eigenvalue weighted by atomic mass is 16.2. The monoisotopic (exact) mass is 247 g/mol. The molecule has 1 N–H and O–H groups in total. The van der Waals surface area contributed by atoms with Crippen molar-refractivity contribution >= 4 is 5.91 Å². The lowest BCUT2D eigenvalue weighted by atomic mass is 10.1. The fourth-order valence-corrected chi connectivity index (χ4v) is 2.56. The highest BCUT2D eigenvalue weighted by Gasteiger charge is 2.29. The van der Waals surface area contributed by atoms with E-state index < -0.39 is 0 Å². The molecule has 0 saturated carbocycles. The summed E-state index contributed by atoms with van der Waals surface area (Å²) < 4.78 is 0. The Morgan fingerprint density at radius 1 is 1.50 bits per heavy atom. The van der Waals surface area contributed by atoms with Crippen molar-refractivity contribution < 1.29 is 4.79 Å². The Morgan fingerprint density at radius 2 is 2.28 bits per heavy atom. The molecule has 1 aromatic heterocycles. The number of hydrogen-bond acceptors (Lipinski definition) is 3. The fourth-order valence-electron chi connectivity index (χ4n) is 2.56. The highest BCUT2D eigenvalue weighted by molar-refractivity contribution is 5.77. The molecule has 2 heterocycles. The first-order valence-electron chi connectivity index (χ1n) is 6.67. The summed E-state index contributed by atoms with van der Waals surface area (Å²) in [4.78, 5) is 18.3. The number of hydrogen-bond donors (Lipinski definition) is 1. The van der Waals surface area contributed by atoms with Gasteiger partial charge in [0, 0.05) is 25.4 Å². The summed E-state index contributed by atoms with van der Waals surface area (Å²) in [6.07, 6.45) is 7.33. The lowest BCUT2D eigenvalue weighted by Crippen LogP contribution is -2.30. The lowest BCUT2D eigenvalue weighted by molar-refractivity contribution is -0.132. The molecule has 1 aliphatic rings. The van der Waals surface area contributed by atoms with E-state index in [9.17, 15) is 4.79 Å². The Hall–Kier alpha value is -1.42. The summed E-state index contributed by atoms with van der Waals surface area (Å²) in [6.45, 7) is 1.80. The quantitative estimate of drug-likeness (QED) is 0.806. The van der Waals surface area contributed by atoms with Crippen LogP contribution >= 0.6 is 0 Å². The summed E-state index contributed by atoms with van der Waals surface area (Å²) in [7, 11) is 1.92. The minimum atomic E-state index is 0.259. The van der Waals surface area contributed by atoms with Crippen molar-refractivity contribution in [2.75, 3.05) is 20.1 Å². The molecule has 0 radical (unpaired) electrons. The summed E-state index contributed by atoms with van der Waals surface area (Å²) in [6, 6.07) is 4.29. The van der Waals surface area contributed by atoms with Gasteiger partial charge >= 0.3 is 0 Å². The molecule has 98 valence electrons. The number of amides is 1. The van der Waals surface area contributed by atoms with E-state index >= 15 is 0 Å². The van der Waals surface area contributed by atoms with Crippen molar-refractivity contribution in [3.8, 4) is 0 Å². The van der Waals surface area contributed by atoms with Crippen molar-refractivity contribution in [3.63, 3.8) is 0 Å². The number of nitrogens with one attached hydrogen (secondary N) is 1. The highest BCUT2D eigenvalue weighted by Crippen LogP contribution is 2.31. The molecule has 0 aliphatic carbocycles. The summed E-state index contributed by atoms with van der Waals surface area (Å²) in [5.41, 5.74) is 1.21. The van der Waals surface area contributed by atoms with Crippen LogP contribution in [0.25, 0.3) is 0 Å². The number of likely N-dealkylation sites (tertiary alicyclic amines) is 1. The molecule has 18 heavy (non-hydrogen) atoms. The van der Waals surface area contributed by atoms with Crippen molar-refractivity contribution in [2.45, 2.75) is 31.7 Å². The van der Waals surface area contributed by atoms with Crippen LogP contribution in [0.4, 0.5) is 0 Å². The van der Waals surface area contributed by atoms with E-state index in [1.54, 1.807) is 12.4 Å². The van der Waals surface area contributed by atoms with Gasteiger partial charge in [0.05, 0.1) is 6.04 Å². The van der Waals surface area contributed by atoms with Crippen molar-refractivity contribution in [1.82, 2.24) is 15.2 Å². The fraction of sp³-hybridized carbons (Fsp3) is 0.571. The van der Waals surface area contributed by atoms with E-state index in [2.05, 4.69) is 10.3 Å². The Kier molecular flexibility index (Phi) is 4.70. The van der Waals surface area contributed by atoms with Gasteiger partial charge in [0.15, 0.2) is 0 Å². The summed E-state index contributed by atoms with van der Waals surface area (Å²) in [5, 5.41) is 3.08. The second kappa shape index (κ2) is 6.50. The average Bonchev–Trinajstić information content (AvgIpc) is 2.89. The Balaban J connectivity index is 1.97. The zero-order valence-electron chi connectivity index (χ0n) is 10.9. The van der Waals surface area contributed by atoms with Crippen LogP contribution in [0.15, 0.2) is 24.5 Å². The SMILES string of the molecule is CNCCCC(=O)N1CCCC1c1ccncc1. The second-order valence-corrected chi connectivity index (χ2v) is 4.73. The van der Waals surface area contributed by atoms with Gasteiger partial charge in [0.25, 0.3) is 0 Å². The molecule has 1 aromatic rings. The first kappa shape index (κ1) is 13.0. The summed E-state index contributed by atoms with van der Waals surface area (Å²) >= 11 is 0. The third-order valence-electron chi connectivity index (χ3n) is 3.48. The van der Waals surface area contributed by atoms with Gasteiger partial charge in [0.2, 0.25) is 5.91 Å². The maximum Gasteiger partial charge on any atom is 0.223 e. The first-order chi connectivity index (χ1) is 8.83. The molecule has 2 rings (SSSR count). The second-order valence-electron chi connectivity index (χ2n) is 4.73. The molecule has 1 unspecified atom stereocenters. The minimum absolute atomic E-state index is 0.259. The number of carbonyl (C=O) groups excluding carboxylic acids is 1. The third-order valence-corrected chi connectivity index (χ3v) is 3.48. The van der Waals surface area contributed by atoms with Crippen LogP contribution in [0.3, 0.4) is 0 Å². The first-order valence-corrected chi connectivity index (χ1v) is 6.67. The molecule has 0 aromatic carbocycles. The van der Waals surface area contributed by atoms with E-state index in [0.717, 1.165) is 32.4 Å². The van der Waals surface area contributed by atoms with Gasteiger partial charge in [-0.1, -0.05) is 0 Å². The van der Waals surface area contributed by atoms with Crippen LogP contribution in [0.1, 0.15) is 37.3 Å². The van der Waals surface area contributed by atoms with Crippen LogP contribution in [0.5, 0.6) is 0 Å². The molecule has 1 atom stereocenters. The van der Waals surface area contributed by atoms with Gasteiger partial charge in [-0.15, -0.1) is 0 Å². The zero-order chi connectivity index (χ0) is 12.8. The van der Waals surface area contributed by atoms with Crippen molar-refractivity contribution in [2.24, 2.45) is 0 Å². The molecule has 1 fully saturated rings. The average molecular weight is 247 g/mol. The van der Waals surface area contributed by atoms with Crippen molar-refractivity contribution in [3.05, 3.63) is 30.1 Å². The predicted molar refractivity (Wildman–Crippen MR) is 71.1 cm³/mol. The molecule has 1 amide bonds. The van der Waals surface area contributed by atoms with E-state index in [4.69, 9.17) is 0 Å². The maximum atomic E-state index is 12.2. The van der Waals surface area contributed by atoms with Gasteiger partial charge in [0.1, 0.15) is 0 Å². The molecule has 4 nitrogen and oxygen atoms in total. The largest absolute Gasteiger partial charge is 0.336 e. The topological polar surface area (TPSA) is 45.2 Å². The normalized spacial score (nSPS) is 19.2. The molecule has 1 aliphatic heterocycles. The number of nitrogens with zero attached hydrogens (tertiary/aromatic N) is 2. The van der Waals surface area contributed by atoms with Gasteiger partial charge in [-0.3, -0.25) is 9.78 Å². The number of rotatable bonds is 5. The van der Waals surface area contributed by atoms with Crippen LogP contribution in [-0.2, 0) is 4.79 Å². The van der Waals surface area contributed by atoms with Crippen LogP contribution in [0.2, 0.25) is 0 Å². The van der Waals surface area contributed by atoms with Gasteiger partial charge in [-0.25, -0.2) is 0 Å². The lowest BCUT2D eigenvalue weighted by Gasteiger charge is -2.25. The van der Waals surface area contributed by atoms with Gasteiger partial charge < -0.3 is 10.2 Å². The molecule has 0 spiro atoms. The molecular formula is C14H21N3O. The van der Waals surface area contributed by atoms with E-state index in [1.165, 1.54) is 5.56 Å². The van der Waals surface area contributed by atoms with E-state index in [1.807, 2.05) is 24.1 Å². The zero-order valence-corrected chi connectivity index (χ0v) is 10.9. The standard InChI is InChI=1S/C14H21N3O/c1-15-8-2-5-14(18)17-11-3-4-13(17)12-6-9-16-10-7-12/h6-7,9-10,13,15H,2-5,8,11H2,1H3. The number of aromatic nitrogens is 1. The Labute approximate surface area is 108 Å². The van der Waals surface area contributed by atoms with Crippen LogP contribution in [0, 0.1) is 0 Å². The number of pyridine rings is 1. The van der Waals surface area contributed by atoms with Gasteiger partial charge in [-0.2, -0.15) is 0 Å². The maximum absolute atomic E-state index is 12.2. The molecule has 1 saturated heterocycles.